The lowest BCUT2D eigenvalue weighted by Gasteiger charge is -2.05. The van der Waals surface area contributed by atoms with Gasteiger partial charge in [-0.1, -0.05) is 120 Å². The van der Waals surface area contributed by atoms with Gasteiger partial charge in [0.2, 0.25) is 0 Å². The van der Waals surface area contributed by atoms with Crippen molar-refractivity contribution in [2.24, 2.45) is 0 Å². The minimum Gasteiger partial charge on any atom is -0.426 e. The van der Waals surface area contributed by atoms with E-state index in [9.17, 15) is 4.79 Å². The van der Waals surface area contributed by atoms with Gasteiger partial charge in [0.15, 0.2) is 0 Å². The monoisotopic (exact) mass is 410 g/mol. The number of hydrogen-bond acceptors (Lipinski definition) is 2. The molecule has 0 spiro atoms. The van der Waals surface area contributed by atoms with Gasteiger partial charge in [0.1, 0.15) is 5.75 Å². The van der Waals surface area contributed by atoms with E-state index in [-0.39, 0.29) is 5.97 Å². The van der Waals surface area contributed by atoms with Crippen LogP contribution in [0.4, 0.5) is 0 Å². The Morgan fingerprint density at radius 3 is 1.80 bits per heavy atom. The minimum atomic E-state index is -0.268. The van der Waals surface area contributed by atoms with Gasteiger partial charge in [0.25, 0.3) is 0 Å². The molecule has 0 atom stereocenters. The third-order valence-corrected chi connectivity index (χ3v) is 5.27. The lowest BCUT2D eigenvalue weighted by molar-refractivity contribution is -0.131. The molecule has 2 rings (SSSR count). The second-order valence-corrected chi connectivity index (χ2v) is 7.97. The smallest absolute Gasteiger partial charge is 0.308 e. The second kappa shape index (κ2) is 17.7. The predicted molar refractivity (Wildman–Crippen MR) is 129 cm³/mol. The van der Waals surface area contributed by atoms with Gasteiger partial charge in [-0.15, -0.1) is 0 Å². The Kier molecular flexibility index (Phi) is 15.3. The Balaban J connectivity index is 0.000000325. The van der Waals surface area contributed by atoms with Crippen molar-refractivity contribution in [1.29, 1.82) is 0 Å². The predicted octanol–water partition coefficient (Wildman–Crippen LogP) is 8.32. The number of carbonyl (C=O) groups is 1. The summed E-state index contributed by atoms with van der Waals surface area (Å²) in [4.78, 5) is 10.7. The molecule has 0 saturated carbocycles. The molecule has 2 nitrogen and oxygen atoms in total. The quantitative estimate of drug-likeness (QED) is 0.188. The molecule has 0 amide bonds. The van der Waals surface area contributed by atoms with E-state index in [4.69, 9.17) is 4.74 Å². The molecule has 0 bridgehead atoms. The van der Waals surface area contributed by atoms with Gasteiger partial charge in [-0.3, -0.25) is 4.79 Å². The van der Waals surface area contributed by atoms with Crippen LogP contribution in [0.25, 0.3) is 0 Å². The average molecular weight is 411 g/mol. The number of ether oxygens (including phenoxy) is 1. The van der Waals surface area contributed by atoms with Crippen LogP contribution in [-0.4, -0.2) is 5.97 Å². The van der Waals surface area contributed by atoms with Gasteiger partial charge in [-0.05, 0) is 36.5 Å². The molecule has 2 aromatic rings. The van der Waals surface area contributed by atoms with Crippen LogP contribution in [0, 0.1) is 0 Å². The standard InChI is InChI=1S/C18H30.C10H12O2/c1-2-3-4-5-6-7-8-9-10-12-15-18-16-13-11-14-17-18;1-3-9-6-4-5-7-10(9)12-8(2)11/h11,13-14,16-17H,2-10,12,15H2,1H3;4-7H,3H2,1-2H3. The van der Waals surface area contributed by atoms with E-state index in [2.05, 4.69) is 37.3 Å². The Bertz CT molecular complexity index is 663. The Hall–Kier alpha value is -2.09. The molecule has 0 radical (unpaired) electrons. The van der Waals surface area contributed by atoms with Crippen LogP contribution in [-0.2, 0) is 17.6 Å². The summed E-state index contributed by atoms with van der Waals surface area (Å²) in [7, 11) is 0. The highest BCUT2D eigenvalue weighted by Crippen LogP contribution is 2.18. The molecule has 0 fully saturated rings. The van der Waals surface area contributed by atoms with E-state index in [0.717, 1.165) is 12.0 Å². The molecule has 0 saturated heterocycles. The van der Waals surface area contributed by atoms with Gasteiger partial charge >= 0.3 is 5.97 Å². The van der Waals surface area contributed by atoms with Crippen molar-refractivity contribution in [3.05, 3.63) is 65.7 Å². The van der Waals surface area contributed by atoms with Gasteiger partial charge in [0.05, 0.1) is 0 Å². The van der Waals surface area contributed by atoms with Crippen molar-refractivity contribution in [2.45, 2.75) is 97.8 Å². The summed E-state index contributed by atoms with van der Waals surface area (Å²) in [6.45, 7) is 5.72. The van der Waals surface area contributed by atoms with Crippen molar-refractivity contribution in [3.63, 3.8) is 0 Å². The van der Waals surface area contributed by atoms with Crippen molar-refractivity contribution in [1.82, 2.24) is 0 Å². The summed E-state index contributed by atoms with van der Waals surface area (Å²) >= 11 is 0. The topological polar surface area (TPSA) is 26.3 Å². The number of aryl methyl sites for hydroxylation is 2. The van der Waals surface area contributed by atoms with E-state index in [1.165, 1.54) is 83.1 Å². The maximum absolute atomic E-state index is 10.7. The molecule has 166 valence electrons. The molecule has 30 heavy (non-hydrogen) atoms. The molecule has 0 aliphatic carbocycles. The second-order valence-electron chi connectivity index (χ2n) is 7.97. The first-order chi connectivity index (χ1) is 14.7. The van der Waals surface area contributed by atoms with E-state index >= 15 is 0 Å². The Morgan fingerprint density at radius 1 is 0.700 bits per heavy atom. The lowest BCUT2D eigenvalue weighted by atomic mass is 10.0. The lowest BCUT2D eigenvalue weighted by Crippen LogP contribution is -2.03. The molecule has 0 unspecified atom stereocenters. The zero-order chi connectivity index (χ0) is 21.9. The van der Waals surface area contributed by atoms with E-state index in [1.807, 2.05) is 25.1 Å². The third kappa shape index (κ3) is 13.2. The Labute approximate surface area is 185 Å². The number of carbonyl (C=O) groups excluding carboxylic acids is 1. The molecule has 0 aliphatic rings. The van der Waals surface area contributed by atoms with Crippen LogP contribution in [0.2, 0.25) is 0 Å². The zero-order valence-corrected chi connectivity index (χ0v) is 19.5. The van der Waals surface area contributed by atoms with Crippen LogP contribution in [0.5, 0.6) is 5.75 Å². The van der Waals surface area contributed by atoms with Crippen molar-refractivity contribution < 1.29 is 9.53 Å². The third-order valence-electron chi connectivity index (χ3n) is 5.27. The van der Waals surface area contributed by atoms with Crippen LogP contribution in [0.1, 0.15) is 96.1 Å². The number of esters is 1. The van der Waals surface area contributed by atoms with Gasteiger partial charge < -0.3 is 4.74 Å². The first-order valence-electron chi connectivity index (χ1n) is 12.0. The largest absolute Gasteiger partial charge is 0.426 e. The zero-order valence-electron chi connectivity index (χ0n) is 19.5. The number of benzene rings is 2. The summed E-state index contributed by atoms with van der Waals surface area (Å²) in [5.74, 6) is 0.406. The molecule has 2 heteroatoms. The average Bonchev–Trinajstić information content (AvgIpc) is 2.76. The van der Waals surface area contributed by atoms with Crippen molar-refractivity contribution in [2.75, 3.05) is 0 Å². The molecule has 0 aromatic heterocycles. The highest BCUT2D eigenvalue weighted by atomic mass is 16.5. The van der Waals surface area contributed by atoms with Gasteiger partial charge in [-0.2, -0.15) is 0 Å². The highest BCUT2D eigenvalue weighted by Gasteiger charge is 2.02. The fourth-order valence-corrected chi connectivity index (χ4v) is 3.51. The molecule has 2 aromatic carbocycles. The summed E-state index contributed by atoms with van der Waals surface area (Å²) < 4.78 is 5.00. The first-order valence-corrected chi connectivity index (χ1v) is 12.0. The van der Waals surface area contributed by atoms with Gasteiger partial charge in [0, 0.05) is 6.92 Å². The van der Waals surface area contributed by atoms with E-state index in [1.54, 1.807) is 6.07 Å². The summed E-state index contributed by atoms with van der Waals surface area (Å²) in [5, 5.41) is 0. The van der Waals surface area contributed by atoms with E-state index < -0.39 is 0 Å². The molecular formula is C28H42O2. The molecule has 0 heterocycles. The van der Waals surface area contributed by atoms with Crippen molar-refractivity contribution in [3.8, 4) is 5.75 Å². The summed E-state index contributed by atoms with van der Waals surface area (Å²) in [6, 6.07) is 18.4. The maximum atomic E-state index is 10.7. The van der Waals surface area contributed by atoms with Crippen LogP contribution >= 0.6 is 0 Å². The maximum Gasteiger partial charge on any atom is 0.308 e. The molecular weight excluding hydrogens is 368 g/mol. The SMILES string of the molecule is CCCCCCCCCCCCc1ccccc1.CCc1ccccc1OC(C)=O. The molecule has 0 N–H and O–H groups in total. The summed E-state index contributed by atoms with van der Waals surface area (Å²) in [6.07, 6.45) is 16.4. The normalized spacial score (nSPS) is 10.2. The number of rotatable bonds is 13. The first kappa shape index (κ1) is 25.9. The molecule has 0 aliphatic heterocycles. The number of unbranched alkanes of at least 4 members (excludes halogenated alkanes) is 9. The highest BCUT2D eigenvalue weighted by molar-refractivity contribution is 5.69. The summed E-state index contributed by atoms with van der Waals surface area (Å²) in [5.41, 5.74) is 2.56. The van der Waals surface area contributed by atoms with Crippen molar-refractivity contribution >= 4 is 5.97 Å². The fraction of sp³-hybridized carbons (Fsp3) is 0.536. The number of hydrogen-bond donors (Lipinski definition) is 0. The van der Waals surface area contributed by atoms with Crippen LogP contribution < -0.4 is 4.74 Å². The van der Waals surface area contributed by atoms with Crippen LogP contribution in [0.3, 0.4) is 0 Å². The van der Waals surface area contributed by atoms with E-state index in [0.29, 0.717) is 5.75 Å². The number of para-hydroxylation sites is 1. The van der Waals surface area contributed by atoms with Gasteiger partial charge in [-0.25, -0.2) is 0 Å². The van der Waals surface area contributed by atoms with Crippen LogP contribution in [0.15, 0.2) is 54.6 Å². The fourth-order valence-electron chi connectivity index (χ4n) is 3.51. The minimum absolute atomic E-state index is 0.268. The Morgan fingerprint density at radius 2 is 1.23 bits per heavy atom.